The van der Waals surface area contributed by atoms with Crippen molar-refractivity contribution in [2.45, 2.75) is 32.8 Å². The number of aromatic nitrogens is 2. The predicted octanol–water partition coefficient (Wildman–Crippen LogP) is 1.38. The first kappa shape index (κ1) is 13.4. The number of anilines is 1. The Balaban J connectivity index is 2.29. The molecule has 0 saturated carbocycles. The molecule has 0 unspecified atom stereocenters. The van der Waals surface area contributed by atoms with Crippen LogP contribution in [0.1, 0.15) is 37.9 Å². The third-order valence-electron chi connectivity index (χ3n) is 2.33. The molecule has 1 heterocycles. The maximum absolute atomic E-state index is 10.5. The first-order chi connectivity index (χ1) is 7.94. The van der Waals surface area contributed by atoms with Crippen molar-refractivity contribution in [3.8, 4) is 0 Å². The molecular weight excluding hydrogens is 226 g/mol. The van der Waals surface area contributed by atoms with Crippen molar-refractivity contribution < 1.29 is 19.1 Å². The Bertz CT molecular complexity index is 375. The third kappa shape index (κ3) is 4.39. The largest absolute Gasteiger partial charge is 0.474 e. The molecule has 2 N–H and O–H groups in total. The van der Waals surface area contributed by atoms with E-state index >= 15 is 0 Å². The second-order valence-electron chi connectivity index (χ2n) is 4.11. The van der Waals surface area contributed by atoms with Crippen LogP contribution in [0.2, 0.25) is 0 Å². The summed E-state index contributed by atoms with van der Waals surface area (Å²) in [7, 11) is 0. The number of rotatable bonds is 7. The van der Waals surface area contributed by atoms with E-state index in [0.717, 1.165) is 6.42 Å². The fourth-order valence-corrected chi connectivity index (χ4v) is 0.968. The highest BCUT2D eigenvalue weighted by Crippen LogP contribution is 2.13. The number of aromatic carboxylic acids is 1. The van der Waals surface area contributed by atoms with Gasteiger partial charge in [0.2, 0.25) is 0 Å². The molecule has 0 aromatic carbocycles. The van der Waals surface area contributed by atoms with E-state index < -0.39 is 11.9 Å². The first-order valence-electron chi connectivity index (χ1n) is 5.39. The van der Waals surface area contributed by atoms with E-state index in [1.807, 2.05) is 20.8 Å². The summed E-state index contributed by atoms with van der Waals surface area (Å²) in [5.41, 5.74) is -0.164. The van der Waals surface area contributed by atoms with Crippen LogP contribution in [0.4, 0.5) is 6.01 Å². The molecule has 0 aliphatic heterocycles. The minimum Gasteiger partial charge on any atom is -0.474 e. The molecule has 0 fully saturated rings. The number of nitrogens with zero attached hydrogens (tertiary/aromatic N) is 2. The fraction of sp³-hybridized carbons (Fsp3) is 0.700. The molecule has 7 nitrogen and oxygen atoms in total. The molecule has 96 valence electrons. The molecular formula is C10H17N3O4. The lowest BCUT2D eigenvalue weighted by molar-refractivity contribution is -0.0144. The standard InChI is InChI=1S/C10H17N3O4/c1-4-10(2,3)16-6-5-11-9-13-12-7(17-9)8(14)15/h4-6H2,1-3H3,(H,11,13)(H,14,15). The number of carboxylic acid groups (broad SMARTS) is 1. The number of carbonyl (C=O) groups is 1. The van der Waals surface area contributed by atoms with Gasteiger partial charge in [0, 0.05) is 6.54 Å². The third-order valence-corrected chi connectivity index (χ3v) is 2.33. The fourth-order valence-electron chi connectivity index (χ4n) is 0.968. The quantitative estimate of drug-likeness (QED) is 0.698. The van der Waals surface area contributed by atoms with Gasteiger partial charge in [-0.2, -0.15) is 0 Å². The van der Waals surface area contributed by atoms with Crippen LogP contribution in [-0.4, -0.2) is 40.0 Å². The Morgan fingerprint density at radius 3 is 2.76 bits per heavy atom. The van der Waals surface area contributed by atoms with E-state index in [0.29, 0.717) is 13.2 Å². The van der Waals surface area contributed by atoms with E-state index in [2.05, 4.69) is 15.5 Å². The Morgan fingerprint density at radius 1 is 1.53 bits per heavy atom. The summed E-state index contributed by atoms with van der Waals surface area (Å²) >= 11 is 0. The van der Waals surface area contributed by atoms with E-state index in [1.165, 1.54) is 0 Å². The van der Waals surface area contributed by atoms with Gasteiger partial charge in [0.25, 0.3) is 0 Å². The van der Waals surface area contributed by atoms with Gasteiger partial charge in [0.15, 0.2) is 0 Å². The SMILES string of the molecule is CCC(C)(C)OCCNc1nnc(C(=O)O)o1. The van der Waals surface area contributed by atoms with Crippen LogP contribution in [0.3, 0.4) is 0 Å². The summed E-state index contributed by atoms with van der Waals surface area (Å²) in [6.45, 7) is 7.01. The van der Waals surface area contributed by atoms with Crippen LogP contribution >= 0.6 is 0 Å². The van der Waals surface area contributed by atoms with Crippen LogP contribution < -0.4 is 5.32 Å². The summed E-state index contributed by atoms with van der Waals surface area (Å²) in [6, 6.07) is 0.0836. The van der Waals surface area contributed by atoms with E-state index in [1.54, 1.807) is 0 Å². The van der Waals surface area contributed by atoms with Crippen molar-refractivity contribution in [2.75, 3.05) is 18.5 Å². The monoisotopic (exact) mass is 243 g/mol. The summed E-state index contributed by atoms with van der Waals surface area (Å²) in [6.07, 6.45) is 0.913. The van der Waals surface area contributed by atoms with Crippen LogP contribution in [-0.2, 0) is 4.74 Å². The van der Waals surface area contributed by atoms with Crippen LogP contribution in [0, 0.1) is 0 Å². The van der Waals surface area contributed by atoms with Crippen molar-refractivity contribution >= 4 is 12.0 Å². The maximum Gasteiger partial charge on any atom is 0.393 e. The van der Waals surface area contributed by atoms with Gasteiger partial charge < -0.3 is 19.6 Å². The summed E-state index contributed by atoms with van der Waals surface area (Å²) in [5.74, 6) is -1.67. The molecule has 0 saturated heterocycles. The lowest BCUT2D eigenvalue weighted by Crippen LogP contribution is -2.26. The zero-order valence-corrected chi connectivity index (χ0v) is 10.2. The molecule has 0 amide bonds. The Morgan fingerprint density at radius 2 is 2.24 bits per heavy atom. The highest BCUT2D eigenvalue weighted by atomic mass is 16.5. The van der Waals surface area contributed by atoms with Gasteiger partial charge in [-0.3, -0.25) is 0 Å². The van der Waals surface area contributed by atoms with Gasteiger partial charge in [0.1, 0.15) is 0 Å². The van der Waals surface area contributed by atoms with Crippen LogP contribution in [0.5, 0.6) is 0 Å². The van der Waals surface area contributed by atoms with Gasteiger partial charge in [-0.1, -0.05) is 17.1 Å². The second kappa shape index (κ2) is 5.62. The van der Waals surface area contributed by atoms with E-state index in [9.17, 15) is 4.79 Å². The second-order valence-corrected chi connectivity index (χ2v) is 4.11. The number of hydrogen-bond acceptors (Lipinski definition) is 6. The first-order valence-corrected chi connectivity index (χ1v) is 5.39. The molecule has 0 spiro atoms. The summed E-state index contributed by atoms with van der Waals surface area (Å²) in [5, 5.41) is 18.2. The number of ether oxygens (including phenoxy) is 1. The smallest absolute Gasteiger partial charge is 0.393 e. The average Bonchev–Trinajstić information content (AvgIpc) is 2.73. The lowest BCUT2D eigenvalue weighted by Gasteiger charge is -2.23. The zero-order chi connectivity index (χ0) is 12.9. The van der Waals surface area contributed by atoms with Gasteiger partial charge >= 0.3 is 17.9 Å². The number of carboxylic acids is 1. The molecule has 0 bridgehead atoms. The topological polar surface area (TPSA) is 97.5 Å². The van der Waals surface area contributed by atoms with E-state index in [4.69, 9.17) is 14.3 Å². The Kier molecular flexibility index (Phi) is 4.45. The molecule has 1 aromatic heterocycles. The number of nitrogens with one attached hydrogen (secondary N) is 1. The van der Waals surface area contributed by atoms with Gasteiger partial charge in [-0.25, -0.2) is 4.79 Å². The molecule has 0 aliphatic rings. The van der Waals surface area contributed by atoms with Gasteiger partial charge in [-0.05, 0) is 20.3 Å². The normalized spacial score (nSPS) is 11.5. The summed E-state index contributed by atoms with van der Waals surface area (Å²) in [4.78, 5) is 10.5. The van der Waals surface area contributed by atoms with Crippen molar-refractivity contribution in [3.63, 3.8) is 0 Å². The molecule has 7 heteroatoms. The zero-order valence-electron chi connectivity index (χ0n) is 10.2. The van der Waals surface area contributed by atoms with Crippen molar-refractivity contribution in [1.29, 1.82) is 0 Å². The maximum atomic E-state index is 10.5. The van der Waals surface area contributed by atoms with Crippen molar-refractivity contribution in [2.24, 2.45) is 0 Å². The van der Waals surface area contributed by atoms with Crippen LogP contribution in [0.15, 0.2) is 4.42 Å². The van der Waals surface area contributed by atoms with Crippen molar-refractivity contribution in [3.05, 3.63) is 5.89 Å². The highest BCUT2D eigenvalue weighted by molar-refractivity contribution is 5.81. The van der Waals surface area contributed by atoms with Gasteiger partial charge in [-0.15, -0.1) is 0 Å². The van der Waals surface area contributed by atoms with Crippen LogP contribution in [0.25, 0.3) is 0 Å². The van der Waals surface area contributed by atoms with Gasteiger partial charge in [0.05, 0.1) is 12.2 Å². The Labute approximate surface area is 99.2 Å². The lowest BCUT2D eigenvalue weighted by atomic mass is 10.1. The average molecular weight is 243 g/mol. The van der Waals surface area contributed by atoms with Crippen molar-refractivity contribution in [1.82, 2.24) is 10.2 Å². The molecule has 1 aromatic rings. The highest BCUT2D eigenvalue weighted by Gasteiger charge is 2.15. The molecule has 0 atom stereocenters. The molecule has 0 aliphatic carbocycles. The van der Waals surface area contributed by atoms with E-state index in [-0.39, 0.29) is 11.6 Å². The minimum absolute atomic E-state index is 0.0836. The summed E-state index contributed by atoms with van der Waals surface area (Å²) < 4.78 is 10.4. The molecule has 1 rings (SSSR count). The minimum atomic E-state index is -1.24. The number of hydrogen-bond donors (Lipinski definition) is 2. The molecule has 0 radical (unpaired) electrons. The Hall–Kier alpha value is -1.63. The molecule has 17 heavy (non-hydrogen) atoms. The predicted molar refractivity (Wildman–Crippen MR) is 60.1 cm³/mol.